The summed E-state index contributed by atoms with van der Waals surface area (Å²) in [5.41, 5.74) is 2.70. The van der Waals surface area contributed by atoms with Crippen molar-refractivity contribution in [1.29, 1.82) is 0 Å². The van der Waals surface area contributed by atoms with Crippen molar-refractivity contribution in [2.75, 3.05) is 13.1 Å². The highest BCUT2D eigenvalue weighted by Crippen LogP contribution is 2.26. The molecule has 1 fully saturated rings. The van der Waals surface area contributed by atoms with Crippen LogP contribution >= 0.6 is 0 Å². The van der Waals surface area contributed by atoms with E-state index in [4.69, 9.17) is 5.11 Å². The second kappa shape index (κ2) is 6.23. The molecule has 1 atom stereocenters. The predicted molar refractivity (Wildman–Crippen MR) is 83.6 cm³/mol. The average molecular weight is 297 g/mol. The molecule has 0 spiro atoms. The molecule has 0 amide bonds. The smallest absolute Gasteiger partial charge is 0.356 e. The number of aromatic nitrogens is 2. The summed E-state index contributed by atoms with van der Waals surface area (Å²) in [6, 6.07) is 8.56. The van der Waals surface area contributed by atoms with Crippen LogP contribution in [0.2, 0.25) is 0 Å². The van der Waals surface area contributed by atoms with Crippen LogP contribution in [0.3, 0.4) is 0 Å². The molecule has 22 heavy (non-hydrogen) atoms. The lowest BCUT2D eigenvalue weighted by molar-refractivity contribution is 0.0690. The molecule has 5 nitrogen and oxygen atoms in total. The topological polar surface area (TPSA) is 66.3 Å². The zero-order chi connectivity index (χ0) is 15.5. The largest absolute Gasteiger partial charge is 0.476 e. The molecule has 0 bridgehead atoms. The molecule has 1 aliphatic rings. The number of hydrogen-bond donors (Lipinski definition) is 1. The van der Waals surface area contributed by atoms with Gasteiger partial charge in [0.1, 0.15) is 0 Å². The quantitative estimate of drug-likeness (QED) is 0.939. The Hall–Kier alpha value is -2.27. The molecule has 1 saturated heterocycles. The fourth-order valence-corrected chi connectivity index (χ4v) is 2.88. The van der Waals surface area contributed by atoms with Gasteiger partial charge in [0.05, 0.1) is 18.1 Å². The zero-order valence-corrected chi connectivity index (χ0v) is 12.6. The van der Waals surface area contributed by atoms with Gasteiger partial charge in [0.2, 0.25) is 0 Å². The van der Waals surface area contributed by atoms with Crippen LogP contribution in [-0.4, -0.2) is 39.0 Å². The predicted octanol–water partition coefficient (Wildman–Crippen LogP) is 3.00. The van der Waals surface area contributed by atoms with Gasteiger partial charge in [-0.05, 0) is 38.4 Å². The molecule has 1 aliphatic heterocycles. The van der Waals surface area contributed by atoms with Crippen LogP contribution in [-0.2, 0) is 0 Å². The SMILES string of the molecule is C[C@H](c1ccc(-c2cncc(C(=O)O)n2)cc1)N1CCCC1. The molecule has 0 unspecified atom stereocenters. The molecule has 5 heteroatoms. The molecule has 2 aromatic rings. The highest BCUT2D eigenvalue weighted by molar-refractivity contribution is 5.85. The average Bonchev–Trinajstić information content (AvgIpc) is 3.09. The van der Waals surface area contributed by atoms with Crippen molar-refractivity contribution in [2.24, 2.45) is 0 Å². The number of rotatable bonds is 4. The Kier molecular flexibility index (Phi) is 4.15. The molecule has 1 N–H and O–H groups in total. The fraction of sp³-hybridized carbons (Fsp3) is 0.353. The Labute approximate surface area is 129 Å². The first-order chi connectivity index (χ1) is 10.6. The van der Waals surface area contributed by atoms with Crippen LogP contribution in [0.15, 0.2) is 36.7 Å². The van der Waals surface area contributed by atoms with E-state index in [0.29, 0.717) is 11.7 Å². The van der Waals surface area contributed by atoms with Crippen molar-refractivity contribution in [2.45, 2.75) is 25.8 Å². The minimum Gasteiger partial charge on any atom is -0.476 e. The number of carboxylic acids is 1. The summed E-state index contributed by atoms with van der Waals surface area (Å²) < 4.78 is 0. The number of carboxylic acid groups (broad SMARTS) is 1. The standard InChI is InChI=1S/C17H19N3O2/c1-12(20-8-2-3-9-20)13-4-6-14(7-5-13)15-10-18-11-16(19-15)17(21)22/h4-7,10-12H,2-3,8-9H2,1H3,(H,21,22)/t12-/m1/s1. The van der Waals surface area contributed by atoms with Gasteiger partial charge in [-0.1, -0.05) is 24.3 Å². The Morgan fingerprint density at radius 3 is 2.50 bits per heavy atom. The fourth-order valence-electron chi connectivity index (χ4n) is 2.88. The first-order valence-electron chi connectivity index (χ1n) is 7.55. The minimum atomic E-state index is -1.06. The van der Waals surface area contributed by atoms with Gasteiger partial charge < -0.3 is 5.11 Å². The van der Waals surface area contributed by atoms with Gasteiger partial charge >= 0.3 is 5.97 Å². The second-order valence-electron chi connectivity index (χ2n) is 5.64. The maximum Gasteiger partial charge on any atom is 0.356 e. The lowest BCUT2D eigenvalue weighted by Gasteiger charge is -2.24. The van der Waals surface area contributed by atoms with E-state index >= 15 is 0 Å². The molecule has 114 valence electrons. The van der Waals surface area contributed by atoms with E-state index in [1.807, 2.05) is 12.1 Å². The van der Waals surface area contributed by atoms with Gasteiger partial charge in [0.15, 0.2) is 5.69 Å². The van der Waals surface area contributed by atoms with Gasteiger partial charge in [0.25, 0.3) is 0 Å². The van der Waals surface area contributed by atoms with E-state index in [-0.39, 0.29) is 5.69 Å². The normalized spacial score (nSPS) is 16.6. The number of nitrogens with zero attached hydrogens (tertiary/aromatic N) is 3. The Balaban J connectivity index is 1.81. The maximum atomic E-state index is 11.0. The van der Waals surface area contributed by atoms with Crippen molar-refractivity contribution in [3.63, 3.8) is 0 Å². The number of aromatic carboxylic acids is 1. The number of hydrogen-bond acceptors (Lipinski definition) is 4. The van der Waals surface area contributed by atoms with Crippen molar-refractivity contribution in [3.8, 4) is 11.3 Å². The monoisotopic (exact) mass is 297 g/mol. The molecular weight excluding hydrogens is 278 g/mol. The molecule has 1 aromatic heterocycles. The van der Waals surface area contributed by atoms with Crippen molar-refractivity contribution < 1.29 is 9.90 Å². The van der Waals surface area contributed by atoms with E-state index in [2.05, 4.69) is 33.9 Å². The third-order valence-electron chi connectivity index (χ3n) is 4.23. The van der Waals surface area contributed by atoms with Crippen LogP contribution in [0.1, 0.15) is 41.9 Å². The maximum absolute atomic E-state index is 11.0. The van der Waals surface area contributed by atoms with E-state index in [9.17, 15) is 4.79 Å². The van der Waals surface area contributed by atoms with E-state index < -0.39 is 5.97 Å². The van der Waals surface area contributed by atoms with Gasteiger partial charge in [0, 0.05) is 11.6 Å². The van der Waals surface area contributed by atoms with E-state index in [1.54, 1.807) is 6.20 Å². The summed E-state index contributed by atoms with van der Waals surface area (Å²) >= 11 is 0. The first-order valence-corrected chi connectivity index (χ1v) is 7.55. The lowest BCUT2D eigenvalue weighted by Crippen LogP contribution is -2.23. The van der Waals surface area contributed by atoms with Gasteiger partial charge in [-0.3, -0.25) is 9.88 Å². The molecular formula is C17H19N3O2. The van der Waals surface area contributed by atoms with Crippen LogP contribution in [0.25, 0.3) is 11.3 Å². The number of likely N-dealkylation sites (tertiary alicyclic amines) is 1. The lowest BCUT2D eigenvalue weighted by atomic mass is 10.0. The van der Waals surface area contributed by atoms with Crippen LogP contribution in [0.5, 0.6) is 0 Å². The third-order valence-corrected chi connectivity index (χ3v) is 4.23. The van der Waals surface area contributed by atoms with Crippen LogP contribution in [0, 0.1) is 0 Å². The van der Waals surface area contributed by atoms with E-state index in [0.717, 1.165) is 18.7 Å². The molecule has 3 rings (SSSR count). The summed E-state index contributed by atoms with van der Waals surface area (Å²) in [5.74, 6) is -1.06. The summed E-state index contributed by atoms with van der Waals surface area (Å²) in [5, 5.41) is 8.99. The van der Waals surface area contributed by atoms with Crippen LogP contribution in [0.4, 0.5) is 0 Å². The van der Waals surface area contributed by atoms with Crippen LogP contribution < -0.4 is 0 Å². The number of carbonyl (C=O) groups is 1. The van der Waals surface area contributed by atoms with Crippen molar-refractivity contribution in [1.82, 2.24) is 14.9 Å². The Morgan fingerprint density at radius 1 is 1.18 bits per heavy atom. The van der Waals surface area contributed by atoms with Crippen molar-refractivity contribution in [3.05, 3.63) is 47.9 Å². The zero-order valence-electron chi connectivity index (χ0n) is 12.6. The molecule has 0 aliphatic carbocycles. The molecule has 0 saturated carbocycles. The third kappa shape index (κ3) is 2.99. The second-order valence-corrected chi connectivity index (χ2v) is 5.64. The first kappa shape index (κ1) is 14.7. The molecule has 0 radical (unpaired) electrons. The summed E-state index contributed by atoms with van der Waals surface area (Å²) in [7, 11) is 0. The summed E-state index contributed by atoms with van der Waals surface area (Å²) in [6.45, 7) is 4.55. The summed E-state index contributed by atoms with van der Waals surface area (Å²) in [4.78, 5) is 21.5. The van der Waals surface area contributed by atoms with E-state index in [1.165, 1.54) is 24.6 Å². The highest BCUT2D eigenvalue weighted by atomic mass is 16.4. The minimum absolute atomic E-state index is 0.0352. The molecule has 2 heterocycles. The summed E-state index contributed by atoms with van der Waals surface area (Å²) in [6.07, 6.45) is 5.40. The van der Waals surface area contributed by atoms with Gasteiger partial charge in [-0.15, -0.1) is 0 Å². The van der Waals surface area contributed by atoms with Gasteiger partial charge in [-0.2, -0.15) is 0 Å². The molecule has 1 aromatic carbocycles. The highest BCUT2D eigenvalue weighted by Gasteiger charge is 2.19. The Bertz CT molecular complexity index is 664. The van der Waals surface area contributed by atoms with Crippen molar-refractivity contribution >= 4 is 5.97 Å². The van der Waals surface area contributed by atoms with Gasteiger partial charge in [-0.25, -0.2) is 9.78 Å². The number of benzene rings is 1. The Morgan fingerprint density at radius 2 is 1.86 bits per heavy atom.